The molecule has 5 rings (SSSR count). The van der Waals surface area contributed by atoms with E-state index in [4.69, 9.17) is 9.84 Å². The predicted octanol–water partition coefficient (Wildman–Crippen LogP) is 2.32. The Balaban J connectivity index is 1.42. The summed E-state index contributed by atoms with van der Waals surface area (Å²) < 4.78 is 44.9. The third-order valence-electron chi connectivity index (χ3n) is 6.00. The maximum atomic E-state index is 13.4. The Hall–Kier alpha value is -4.04. The molecule has 1 fully saturated rings. The molecular weight excluding hydrogens is 495 g/mol. The molecule has 11 nitrogen and oxygen atoms in total. The number of alkyl halides is 3. The van der Waals surface area contributed by atoms with E-state index in [1.165, 1.54) is 35.5 Å². The van der Waals surface area contributed by atoms with Gasteiger partial charge in [0.1, 0.15) is 18.5 Å². The van der Waals surface area contributed by atoms with Gasteiger partial charge >= 0.3 is 18.2 Å². The molecule has 0 spiro atoms. The SMILES string of the molecule is O=C(Nc1ccnc(OC[C@H](O)CO)n1)N1c2nc(-c3cccc(C(F)(F)F)c3)ncc2N2CC[C@H]1C2. The van der Waals surface area contributed by atoms with E-state index in [0.717, 1.165) is 12.1 Å². The van der Waals surface area contributed by atoms with Crippen LogP contribution in [-0.4, -0.2) is 74.6 Å². The zero-order chi connectivity index (χ0) is 26.2. The summed E-state index contributed by atoms with van der Waals surface area (Å²) in [7, 11) is 0. The number of ether oxygens (including phenoxy) is 1. The summed E-state index contributed by atoms with van der Waals surface area (Å²) >= 11 is 0. The van der Waals surface area contributed by atoms with Crippen molar-refractivity contribution in [1.29, 1.82) is 0 Å². The minimum absolute atomic E-state index is 0.0605. The number of anilines is 3. The zero-order valence-corrected chi connectivity index (χ0v) is 19.3. The lowest BCUT2D eigenvalue weighted by Gasteiger charge is -2.35. The van der Waals surface area contributed by atoms with E-state index in [0.29, 0.717) is 25.2 Å². The molecule has 0 radical (unpaired) electrons. The molecule has 3 aromatic rings. The van der Waals surface area contributed by atoms with Gasteiger partial charge in [0.05, 0.1) is 30.1 Å². The second-order valence-corrected chi connectivity index (χ2v) is 8.54. The number of amides is 2. The minimum atomic E-state index is -4.52. The fraction of sp³-hybridized carbons (Fsp3) is 0.348. The maximum Gasteiger partial charge on any atom is 0.416 e. The number of aliphatic hydroxyl groups excluding tert-OH is 2. The number of nitrogens with one attached hydrogen (secondary N) is 1. The van der Waals surface area contributed by atoms with E-state index >= 15 is 0 Å². The van der Waals surface area contributed by atoms with Gasteiger partial charge in [0.25, 0.3) is 0 Å². The van der Waals surface area contributed by atoms with Crippen LogP contribution in [0.25, 0.3) is 11.4 Å². The smallest absolute Gasteiger partial charge is 0.416 e. The molecule has 2 atom stereocenters. The van der Waals surface area contributed by atoms with Crippen molar-refractivity contribution in [3.8, 4) is 17.4 Å². The average molecular weight is 517 g/mol. The quantitative estimate of drug-likeness (QED) is 0.450. The van der Waals surface area contributed by atoms with Crippen LogP contribution in [0.4, 0.5) is 35.3 Å². The fourth-order valence-corrected chi connectivity index (χ4v) is 4.22. The Bertz CT molecular complexity index is 1310. The number of hydrogen-bond donors (Lipinski definition) is 3. The van der Waals surface area contributed by atoms with Crippen molar-refractivity contribution in [2.75, 3.05) is 41.4 Å². The first-order chi connectivity index (χ1) is 17.7. The zero-order valence-electron chi connectivity index (χ0n) is 19.3. The number of carbonyl (C=O) groups is 1. The molecule has 1 saturated heterocycles. The number of aromatic nitrogens is 4. The Labute approximate surface area is 208 Å². The summed E-state index contributed by atoms with van der Waals surface area (Å²) in [6.07, 6.45) is -2.08. The fourth-order valence-electron chi connectivity index (χ4n) is 4.22. The molecule has 4 heterocycles. The van der Waals surface area contributed by atoms with E-state index in [9.17, 15) is 23.1 Å². The van der Waals surface area contributed by atoms with Gasteiger partial charge in [0.15, 0.2) is 11.6 Å². The summed E-state index contributed by atoms with van der Waals surface area (Å²) in [5, 5.41) is 21.0. The highest BCUT2D eigenvalue weighted by Gasteiger charge is 2.41. The number of urea groups is 1. The van der Waals surface area contributed by atoms with Crippen molar-refractivity contribution in [2.45, 2.75) is 24.7 Å². The molecule has 194 valence electrons. The highest BCUT2D eigenvalue weighted by atomic mass is 19.4. The van der Waals surface area contributed by atoms with Gasteiger partial charge in [-0.15, -0.1) is 0 Å². The highest BCUT2D eigenvalue weighted by Crippen LogP contribution is 2.40. The Morgan fingerprint density at radius 3 is 2.86 bits per heavy atom. The van der Waals surface area contributed by atoms with Crippen LogP contribution in [0.1, 0.15) is 12.0 Å². The van der Waals surface area contributed by atoms with Crippen LogP contribution < -0.4 is 19.9 Å². The van der Waals surface area contributed by atoms with E-state index < -0.39 is 30.5 Å². The number of hydrogen-bond acceptors (Lipinski definition) is 9. The highest BCUT2D eigenvalue weighted by molar-refractivity contribution is 6.04. The van der Waals surface area contributed by atoms with Crippen molar-refractivity contribution in [3.05, 3.63) is 48.3 Å². The Morgan fingerprint density at radius 2 is 2.08 bits per heavy atom. The molecule has 2 aliphatic heterocycles. The first-order valence-electron chi connectivity index (χ1n) is 11.4. The van der Waals surface area contributed by atoms with Crippen LogP contribution in [0.5, 0.6) is 6.01 Å². The average Bonchev–Trinajstić information content (AvgIpc) is 3.31. The number of fused-ring (bicyclic) bond motifs is 4. The molecule has 2 aliphatic rings. The molecular formula is C23H22F3N7O4. The monoisotopic (exact) mass is 517 g/mol. The summed E-state index contributed by atoms with van der Waals surface area (Å²) in [5.41, 5.74) is -0.0454. The topological polar surface area (TPSA) is 137 Å². The summed E-state index contributed by atoms with van der Waals surface area (Å²) in [6.45, 7) is 0.504. The molecule has 0 aliphatic carbocycles. The predicted molar refractivity (Wildman–Crippen MR) is 125 cm³/mol. The first-order valence-corrected chi connectivity index (χ1v) is 11.4. The molecule has 2 bridgehead atoms. The van der Waals surface area contributed by atoms with Crippen LogP contribution in [-0.2, 0) is 6.18 Å². The van der Waals surface area contributed by atoms with Gasteiger partial charge in [0.2, 0.25) is 0 Å². The largest absolute Gasteiger partial charge is 0.461 e. The van der Waals surface area contributed by atoms with Crippen LogP contribution in [0, 0.1) is 0 Å². The first kappa shape index (κ1) is 24.6. The van der Waals surface area contributed by atoms with E-state index in [1.807, 2.05) is 4.90 Å². The molecule has 3 N–H and O–H groups in total. The van der Waals surface area contributed by atoms with Crippen LogP contribution in [0.15, 0.2) is 42.7 Å². The number of aliphatic hydroxyl groups is 2. The number of benzene rings is 1. The van der Waals surface area contributed by atoms with Crippen LogP contribution in [0.3, 0.4) is 0 Å². The molecule has 14 heteroatoms. The molecule has 0 unspecified atom stereocenters. The Kier molecular flexibility index (Phi) is 6.52. The molecule has 37 heavy (non-hydrogen) atoms. The van der Waals surface area contributed by atoms with Gasteiger partial charge in [-0.3, -0.25) is 10.2 Å². The normalized spacial score (nSPS) is 17.4. The van der Waals surface area contributed by atoms with Crippen LogP contribution >= 0.6 is 0 Å². The van der Waals surface area contributed by atoms with Gasteiger partial charge in [-0.25, -0.2) is 19.7 Å². The molecule has 2 aromatic heterocycles. The standard InChI is InChI=1S/C23H22F3N7O4/c24-23(25,26)14-3-1-2-13(8-14)19-28-9-17-20(31-19)33(15-5-7-32(17)10-15)22(36)30-18-4-6-27-21(29-18)37-12-16(35)11-34/h1-4,6,8-9,15-16,34-35H,5,7,10-12H2,(H,27,29,30,36)/t15-,16+/m0/s1. The number of rotatable bonds is 6. The van der Waals surface area contributed by atoms with Crippen molar-refractivity contribution in [3.63, 3.8) is 0 Å². The Morgan fingerprint density at radius 1 is 1.24 bits per heavy atom. The molecule has 1 aromatic carbocycles. The van der Waals surface area contributed by atoms with Crippen molar-refractivity contribution in [2.24, 2.45) is 0 Å². The number of carbonyl (C=O) groups excluding carboxylic acids is 1. The lowest BCUT2D eigenvalue weighted by atomic mass is 10.1. The van der Waals surface area contributed by atoms with Gasteiger partial charge in [-0.2, -0.15) is 18.2 Å². The van der Waals surface area contributed by atoms with Crippen LogP contribution in [0.2, 0.25) is 0 Å². The second kappa shape index (κ2) is 9.78. The summed E-state index contributed by atoms with van der Waals surface area (Å²) in [6, 6.07) is 5.30. The minimum Gasteiger partial charge on any atom is -0.461 e. The third kappa shape index (κ3) is 5.11. The maximum absolute atomic E-state index is 13.4. The lowest BCUT2D eigenvalue weighted by Crippen LogP contribution is -2.48. The third-order valence-corrected chi connectivity index (χ3v) is 6.00. The summed E-state index contributed by atoms with van der Waals surface area (Å²) in [4.78, 5) is 33.7. The van der Waals surface area contributed by atoms with Gasteiger partial charge in [-0.05, 0) is 24.6 Å². The van der Waals surface area contributed by atoms with E-state index in [-0.39, 0.29) is 41.7 Å². The lowest BCUT2D eigenvalue weighted by molar-refractivity contribution is -0.137. The number of nitrogens with zero attached hydrogens (tertiary/aromatic N) is 6. The van der Waals surface area contributed by atoms with Crippen molar-refractivity contribution >= 4 is 23.4 Å². The second-order valence-electron chi connectivity index (χ2n) is 8.54. The molecule has 0 saturated carbocycles. The van der Waals surface area contributed by atoms with Gasteiger partial charge < -0.3 is 19.8 Å². The summed E-state index contributed by atoms with van der Waals surface area (Å²) in [5.74, 6) is 0.471. The van der Waals surface area contributed by atoms with Crippen molar-refractivity contribution in [1.82, 2.24) is 19.9 Å². The van der Waals surface area contributed by atoms with Gasteiger partial charge in [-0.1, -0.05) is 12.1 Å². The van der Waals surface area contributed by atoms with Gasteiger partial charge in [0, 0.05) is 24.8 Å². The van der Waals surface area contributed by atoms with E-state index in [2.05, 4.69) is 25.3 Å². The van der Waals surface area contributed by atoms with Crippen molar-refractivity contribution < 1.29 is 32.9 Å². The van der Waals surface area contributed by atoms with E-state index in [1.54, 1.807) is 0 Å². The number of halogens is 3. The molecule has 2 amide bonds.